The zero-order valence-electron chi connectivity index (χ0n) is 23.1. The summed E-state index contributed by atoms with van der Waals surface area (Å²) in [5.74, 6) is -3.25. The Morgan fingerprint density at radius 2 is 1.63 bits per heavy atom. The highest BCUT2D eigenvalue weighted by molar-refractivity contribution is 6.57. The van der Waals surface area contributed by atoms with Crippen molar-refractivity contribution in [2.75, 3.05) is 19.1 Å². The first-order valence-electron chi connectivity index (χ1n) is 13.1. The molecular formula is C29H25Cl2FN4O7. The first kappa shape index (κ1) is 28.8. The number of hydrogen-bond acceptors (Lipinski definition) is 7. The minimum Gasteiger partial charge on any atom is -0.502 e. The lowest BCUT2D eigenvalue weighted by Crippen LogP contribution is -2.60. The number of benzene rings is 2. The Morgan fingerprint density at radius 3 is 2.23 bits per heavy atom. The number of phenols is 1. The van der Waals surface area contributed by atoms with E-state index in [1.165, 1.54) is 54.9 Å². The lowest BCUT2D eigenvalue weighted by atomic mass is 9.66. The maximum Gasteiger partial charge on any atom is 0.347 e. The largest absolute Gasteiger partial charge is 0.502 e. The molecule has 0 unspecified atom stereocenters. The first-order chi connectivity index (χ1) is 20.4. The number of carbonyl (C=O) groups excluding carboxylic acids is 2. The van der Waals surface area contributed by atoms with Crippen molar-refractivity contribution in [3.8, 4) is 17.2 Å². The SMILES string of the molecule is COc1cc(C=C[C@H]2C3=CCn4c(=O)n(C)c(=O)n4[C@@H]3C[C@@]3(Cl)C(=O)N(c4ccc(F)cc4)C(=O)[C@@]23Cl)cc(OC)c1O. The number of methoxy groups -OCH3 is 2. The predicted octanol–water partition coefficient (Wildman–Crippen LogP) is 2.95. The Morgan fingerprint density at radius 1 is 1.00 bits per heavy atom. The zero-order valence-corrected chi connectivity index (χ0v) is 24.6. The monoisotopic (exact) mass is 630 g/mol. The molecule has 6 rings (SSSR count). The molecule has 4 atom stereocenters. The van der Waals surface area contributed by atoms with Crippen molar-refractivity contribution in [2.24, 2.45) is 13.0 Å². The molecule has 3 heterocycles. The lowest BCUT2D eigenvalue weighted by molar-refractivity contribution is -0.122. The maximum atomic E-state index is 14.2. The van der Waals surface area contributed by atoms with Crippen molar-refractivity contribution in [3.63, 3.8) is 0 Å². The first-order valence-corrected chi connectivity index (χ1v) is 13.9. The van der Waals surface area contributed by atoms with E-state index in [1.807, 2.05) is 0 Å². The van der Waals surface area contributed by atoms with Crippen molar-refractivity contribution in [1.82, 2.24) is 13.9 Å². The number of anilines is 1. The highest BCUT2D eigenvalue weighted by atomic mass is 35.5. The van der Waals surface area contributed by atoms with E-state index in [0.717, 1.165) is 21.6 Å². The molecule has 0 spiro atoms. The molecule has 2 fully saturated rings. The van der Waals surface area contributed by atoms with Crippen LogP contribution in [-0.2, 0) is 23.2 Å². The van der Waals surface area contributed by atoms with Crippen LogP contribution < -0.4 is 25.8 Å². The van der Waals surface area contributed by atoms with Crippen LogP contribution in [0.4, 0.5) is 10.1 Å². The Balaban J connectivity index is 1.55. The summed E-state index contributed by atoms with van der Waals surface area (Å²) in [5, 5.41) is 10.3. The quantitative estimate of drug-likeness (QED) is 0.261. The average Bonchev–Trinajstić information content (AvgIpc) is 3.30. The van der Waals surface area contributed by atoms with Crippen molar-refractivity contribution in [2.45, 2.75) is 28.8 Å². The van der Waals surface area contributed by atoms with Gasteiger partial charge in [-0.3, -0.25) is 9.59 Å². The number of alkyl halides is 2. The fraction of sp³-hybridized carbons (Fsp3) is 0.310. The minimum atomic E-state index is -2.08. The maximum absolute atomic E-state index is 14.2. The summed E-state index contributed by atoms with van der Waals surface area (Å²) in [6, 6.07) is 6.92. The van der Waals surface area contributed by atoms with E-state index in [9.17, 15) is 28.7 Å². The number of nitrogens with zero attached hydrogens (tertiary/aromatic N) is 4. The molecule has 1 aliphatic carbocycles. The summed E-state index contributed by atoms with van der Waals surface area (Å²) in [5.41, 5.74) is -0.0941. The van der Waals surface area contributed by atoms with Gasteiger partial charge in [-0.05, 0) is 47.5 Å². The summed E-state index contributed by atoms with van der Waals surface area (Å²) in [6.45, 7) is 0.0119. The van der Waals surface area contributed by atoms with E-state index in [-0.39, 0.29) is 35.9 Å². The molecule has 2 aromatic carbocycles. The van der Waals surface area contributed by atoms with Crippen LogP contribution in [-0.4, -0.2) is 54.8 Å². The van der Waals surface area contributed by atoms with Crippen LogP contribution in [0, 0.1) is 11.7 Å². The second-order valence-corrected chi connectivity index (χ2v) is 11.8. The smallest absolute Gasteiger partial charge is 0.347 e. The Kier molecular flexibility index (Phi) is 6.62. The fourth-order valence-electron chi connectivity index (χ4n) is 6.23. The molecule has 3 aromatic rings. The molecule has 43 heavy (non-hydrogen) atoms. The highest BCUT2D eigenvalue weighted by Crippen LogP contribution is 2.61. The van der Waals surface area contributed by atoms with Gasteiger partial charge in [-0.15, -0.1) is 23.2 Å². The van der Waals surface area contributed by atoms with E-state index in [1.54, 1.807) is 18.2 Å². The molecular weight excluding hydrogens is 606 g/mol. The van der Waals surface area contributed by atoms with Gasteiger partial charge in [0.1, 0.15) is 5.82 Å². The molecule has 3 aliphatic rings. The molecule has 0 radical (unpaired) electrons. The van der Waals surface area contributed by atoms with Crippen LogP contribution in [0.2, 0.25) is 0 Å². The van der Waals surface area contributed by atoms with Crippen molar-refractivity contribution < 1.29 is 28.6 Å². The summed E-state index contributed by atoms with van der Waals surface area (Å²) in [7, 11) is 4.09. The molecule has 1 saturated carbocycles. The predicted molar refractivity (Wildman–Crippen MR) is 155 cm³/mol. The fourth-order valence-corrected chi connectivity index (χ4v) is 7.10. The standard InChI is InChI=1S/C29H25Cl2FN4O7/c1-33-26(40)34-11-10-18-19(9-4-15-12-21(42-2)23(37)22(13-15)43-3)29(31)25(39)35(17-7-5-16(32)6-8-17)24(38)28(29,30)14-20(18)36(34)27(33)41/h4-10,12-13,19-20,37H,11,14H2,1-3H3/t19-,20+,28+,29-/m0/s1. The summed E-state index contributed by atoms with van der Waals surface area (Å²) >= 11 is 14.4. The number of amides is 2. The molecule has 0 bridgehead atoms. The number of hydrogen-bond donors (Lipinski definition) is 1. The third-order valence-electron chi connectivity index (χ3n) is 8.39. The van der Waals surface area contributed by atoms with Crippen LogP contribution in [0.5, 0.6) is 17.2 Å². The second kappa shape index (κ2) is 9.88. The van der Waals surface area contributed by atoms with Gasteiger partial charge in [0.15, 0.2) is 21.2 Å². The van der Waals surface area contributed by atoms with Gasteiger partial charge >= 0.3 is 11.4 Å². The third kappa shape index (κ3) is 3.85. The number of aromatic nitrogens is 3. The van der Waals surface area contributed by atoms with Crippen LogP contribution in [0.25, 0.3) is 6.08 Å². The molecule has 1 aromatic heterocycles. The molecule has 2 amide bonds. The number of ether oxygens (including phenoxy) is 2. The molecule has 2 aliphatic heterocycles. The number of allylic oxidation sites excluding steroid dienone is 3. The summed E-state index contributed by atoms with van der Waals surface area (Å²) in [6.07, 6.45) is 4.63. The molecule has 11 nitrogen and oxygen atoms in total. The molecule has 14 heteroatoms. The van der Waals surface area contributed by atoms with Crippen LogP contribution in [0.1, 0.15) is 18.0 Å². The van der Waals surface area contributed by atoms with Crippen LogP contribution in [0.3, 0.4) is 0 Å². The minimum absolute atomic E-state index is 0.0119. The number of carbonyl (C=O) groups is 2. The average molecular weight is 631 g/mol. The van der Waals surface area contributed by atoms with E-state index >= 15 is 0 Å². The normalized spacial score (nSPS) is 26.3. The van der Waals surface area contributed by atoms with Crippen LogP contribution >= 0.6 is 23.2 Å². The van der Waals surface area contributed by atoms with Gasteiger partial charge < -0.3 is 14.6 Å². The number of imide groups is 1. The Hall–Kier alpha value is -4.29. The van der Waals surface area contributed by atoms with Gasteiger partial charge in [-0.1, -0.05) is 18.2 Å². The lowest BCUT2D eigenvalue weighted by Gasteiger charge is -2.47. The summed E-state index contributed by atoms with van der Waals surface area (Å²) in [4.78, 5) is 51.0. The highest BCUT2D eigenvalue weighted by Gasteiger charge is 2.75. The number of rotatable bonds is 5. The zero-order chi connectivity index (χ0) is 31.0. The molecule has 1 saturated heterocycles. The van der Waals surface area contributed by atoms with Gasteiger partial charge in [0.25, 0.3) is 11.8 Å². The van der Waals surface area contributed by atoms with Gasteiger partial charge in [-0.2, -0.15) is 0 Å². The molecule has 224 valence electrons. The number of aromatic hydroxyl groups is 1. The summed E-state index contributed by atoms with van der Waals surface area (Å²) < 4.78 is 27.7. The van der Waals surface area contributed by atoms with Crippen molar-refractivity contribution in [3.05, 3.63) is 86.5 Å². The second-order valence-electron chi connectivity index (χ2n) is 10.5. The van der Waals surface area contributed by atoms with Crippen molar-refractivity contribution >= 4 is 46.8 Å². The van der Waals surface area contributed by atoms with Gasteiger partial charge in [0.2, 0.25) is 5.75 Å². The number of phenolic OH excluding ortho intramolecular Hbond substituents is 1. The van der Waals surface area contributed by atoms with E-state index in [4.69, 9.17) is 32.7 Å². The van der Waals surface area contributed by atoms with Gasteiger partial charge in [0.05, 0.1) is 32.5 Å². The third-order valence-corrected chi connectivity index (χ3v) is 9.82. The van der Waals surface area contributed by atoms with Gasteiger partial charge in [-0.25, -0.2) is 32.8 Å². The Bertz CT molecular complexity index is 1850. The van der Waals surface area contributed by atoms with E-state index in [2.05, 4.69) is 0 Å². The van der Waals surface area contributed by atoms with E-state index in [0.29, 0.717) is 11.1 Å². The van der Waals surface area contributed by atoms with Crippen molar-refractivity contribution in [1.29, 1.82) is 0 Å². The Labute approximate surface area is 253 Å². The number of fused-ring (bicyclic) bond motifs is 4. The van der Waals surface area contributed by atoms with Gasteiger partial charge in [0, 0.05) is 19.4 Å². The van der Waals surface area contributed by atoms with E-state index < -0.39 is 50.7 Å². The molecule has 1 N–H and O–H groups in total. The van der Waals surface area contributed by atoms with Crippen LogP contribution in [0.15, 0.2) is 63.7 Å². The topological polar surface area (TPSA) is 125 Å². The number of halogens is 3.